The van der Waals surface area contributed by atoms with Gasteiger partial charge in [-0.3, -0.25) is 4.79 Å². The number of nitrogens with one attached hydrogen (secondary N) is 1. The highest BCUT2D eigenvalue weighted by atomic mass is 35.5. The lowest BCUT2D eigenvalue weighted by Gasteiger charge is -2.20. The van der Waals surface area contributed by atoms with Crippen LogP contribution in [0.2, 0.25) is 5.02 Å². The zero-order valence-corrected chi connectivity index (χ0v) is 13.1. The molecule has 21 heavy (non-hydrogen) atoms. The van der Waals surface area contributed by atoms with Crippen LogP contribution < -0.4 is 10.1 Å². The molecule has 0 saturated heterocycles. The second kappa shape index (κ2) is 7.88. The zero-order valence-electron chi connectivity index (χ0n) is 12.4. The number of rotatable bonds is 7. The average molecular weight is 314 g/mol. The van der Waals surface area contributed by atoms with Crippen molar-refractivity contribution in [2.24, 2.45) is 5.92 Å². The molecule has 5 nitrogen and oxygen atoms in total. The third-order valence-electron chi connectivity index (χ3n) is 3.40. The average Bonchev–Trinajstić information content (AvgIpc) is 2.44. The van der Waals surface area contributed by atoms with Crippen molar-refractivity contribution in [1.29, 1.82) is 0 Å². The van der Waals surface area contributed by atoms with Gasteiger partial charge in [0.25, 0.3) is 0 Å². The molecule has 0 fully saturated rings. The van der Waals surface area contributed by atoms with Crippen LogP contribution >= 0.6 is 11.6 Å². The number of aliphatic carboxylic acids is 1. The minimum absolute atomic E-state index is 0.0178. The van der Waals surface area contributed by atoms with E-state index >= 15 is 0 Å². The van der Waals surface area contributed by atoms with Gasteiger partial charge in [0, 0.05) is 5.56 Å². The highest BCUT2D eigenvalue weighted by Gasteiger charge is 2.25. The summed E-state index contributed by atoms with van der Waals surface area (Å²) in [5.74, 6) is -1.11. The van der Waals surface area contributed by atoms with Crippen LogP contribution in [-0.2, 0) is 16.0 Å². The number of methoxy groups -OCH3 is 1. The van der Waals surface area contributed by atoms with E-state index in [0.29, 0.717) is 22.8 Å². The molecule has 0 saturated carbocycles. The predicted molar refractivity (Wildman–Crippen MR) is 80.7 cm³/mol. The first-order chi connectivity index (χ1) is 9.90. The Hall–Kier alpha value is -1.75. The summed E-state index contributed by atoms with van der Waals surface area (Å²) in [6.07, 6.45) is 0.682. The standard InChI is InChI=1S/C15H20ClNO4/c1-4-9(2)13(15(19)20)17-12(18)8-10-6-5-7-11(16)14(10)21-3/h5-7,9,13H,4,8H2,1-3H3,(H,17,18)(H,19,20)/t9-,13-/m0/s1. The fraction of sp³-hybridized carbons (Fsp3) is 0.467. The molecule has 0 bridgehead atoms. The fourth-order valence-corrected chi connectivity index (χ4v) is 2.27. The molecule has 0 aliphatic carbocycles. The van der Waals surface area contributed by atoms with Gasteiger partial charge in [-0.15, -0.1) is 0 Å². The molecule has 1 aromatic rings. The molecule has 0 radical (unpaired) electrons. The van der Waals surface area contributed by atoms with E-state index in [0.717, 1.165) is 0 Å². The summed E-state index contributed by atoms with van der Waals surface area (Å²) in [5, 5.41) is 12.1. The summed E-state index contributed by atoms with van der Waals surface area (Å²) in [5.41, 5.74) is 0.621. The number of carboxylic acids is 1. The van der Waals surface area contributed by atoms with E-state index in [1.165, 1.54) is 7.11 Å². The van der Waals surface area contributed by atoms with E-state index in [-0.39, 0.29) is 18.2 Å². The normalized spacial score (nSPS) is 13.3. The third-order valence-corrected chi connectivity index (χ3v) is 3.70. The molecule has 0 aliphatic rings. The van der Waals surface area contributed by atoms with Gasteiger partial charge in [-0.1, -0.05) is 44.0 Å². The number of halogens is 1. The van der Waals surface area contributed by atoms with Gasteiger partial charge in [0.1, 0.15) is 11.8 Å². The number of carboxylic acid groups (broad SMARTS) is 1. The highest BCUT2D eigenvalue weighted by molar-refractivity contribution is 6.32. The molecule has 2 atom stereocenters. The number of hydrogen-bond acceptors (Lipinski definition) is 3. The maximum Gasteiger partial charge on any atom is 0.326 e. The van der Waals surface area contributed by atoms with Crippen LogP contribution in [0.1, 0.15) is 25.8 Å². The summed E-state index contributed by atoms with van der Waals surface area (Å²) < 4.78 is 5.17. The Labute approximate surface area is 129 Å². The van der Waals surface area contributed by atoms with E-state index in [9.17, 15) is 14.7 Å². The Morgan fingerprint density at radius 2 is 2.10 bits per heavy atom. The Kier molecular flexibility index (Phi) is 6.49. The van der Waals surface area contributed by atoms with Crippen molar-refractivity contribution in [3.8, 4) is 5.75 Å². The van der Waals surface area contributed by atoms with Crippen molar-refractivity contribution >= 4 is 23.5 Å². The topological polar surface area (TPSA) is 75.6 Å². The highest BCUT2D eigenvalue weighted by Crippen LogP contribution is 2.28. The monoisotopic (exact) mass is 313 g/mol. The molecule has 6 heteroatoms. The minimum Gasteiger partial charge on any atom is -0.495 e. The lowest BCUT2D eigenvalue weighted by atomic mass is 9.99. The van der Waals surface area contributed by atoms with E-state index in [1.54, 1.807) is 25.1 Å². The third kappa shape index (κ3) is 4.63. The number of para-hydroxylation sites is 1. The molecule has 0 aromatic heterocycles. The first-order valence-electron chi connectivity index (χ1n) is 6.74. The summed E-state index contributed by atoms with van der Waals surface area (Å²) in [6, 6.07) is 4.22. The summed E-state index contributed by atoms with van der Waals surface area (Å²) in [7, 11) is 1.47. The molecule has 0 spiro atoms. The second-order valence-corrected chi connectivity index (χ2v) is 5.29. The van der Waals surface area contributed by atoms with Crippen LogP contribution in [0.4, 0.5) is 0 Å². The summed E-state index contributed by atoms with van der Waals surface area (Å²) in [6.45, 7) is 3.67. The number of ether oxygens (including phenoxy) is 1. The quantitative estimate of drug-likeness (QED) is 0.811. The molecular weight excluding hydrogens is 294 g/mol. The van der Waals surface area contributed by atoms with Crippen molar-refractivity contribution in [1.82, 2.24) is 5.32 Å². The maximum atomic E-state index is 12.1. The lowest BCUT2D eigenvalue weighted by molar-refractivity contribution is -0.143. The molecule has 116 valence electrons. The Morgan fingerprint density at radius 1 is 1.43 bits per heavy atom. The number of carbonyl (C=O) groups is 2. The van der Waals surface area contributed by atoms with Gasteiger partial charge >= 0.3 is 5.97 Å². The first kappa shape index (κ1) is 17.3. The van der Waals surface area contributed by atoms with Gasteiger partial charge in [0.15, 0.2) is 0 Å². The van der Waals surface area contributed by atoms with Crippen LogP contribution in [0.5, 0.6) is 5.75 Å². The number of carbonyl (C=O) groups excluding carboxylic acids is 1. The van der Waals surface area contributed by atoms with Crippen molar-refractivity contribution < 1.29 is 19.4 Å². The zero-order chi connectivity index (χ0) is 16.0. The smallest absolute Gasteiger partial charge is 0.326 e. The van der Waals surface area contributed by atoms with Gasteiger partial charge in [-0.2, -0.15) is 0 Å². The number of amides is 1. The minimum atomic E-state index is -1.03. The van der Waals surface area contributed by atoms with Gasteiger partial charge < -0.3 is 15.2 Å². The molecule has 0 heterocycles. The van der Waals surface area contributed by atoms with Crippen LogP contribution in [0.25, 0.3) is 0 Å². The molecule has 0 unspecified atom stereocenters. The van der Waals surface area contributed by atoms with Gasteiger partial charge in [-0.05, 0) is 12.0 Å². The van der Waals surface area contributed by atoms with Crippen LogP contribution in [-0.4, -0.2) is 30.1 Å². The fourth-order valence-electron chi connectivity index (χ4n) is 2.00. The van der Waals surface area contributed by atoms with Crippen LogP contribution in [0, 0.1) is 5.92 Å². The van der Waals surface area contributed by atoms with Gasteiger partial charge in [-0.25, -0.2) is 4.79 Å². The molecule has 1 aromatic carbocycles. The molecular formula is C15H20ClNO4. The molecule has 1 rings (SSSR count). The van der Waals surface area contributed by atoms with E-state index in [4.69, 9.17) is 16.3 Å². The predicted octanol–water partition coefficient (Wildman–Crippen LogP) is 2.51. The van der Waals surface area contributed by atoms with Crippen molar-refractivity contribution in [3.05, 3.63) is 28.8 Å². The number of benzene rings is 1. The van der Waals surface area contributed by atoms with Crippen molar-refractivity contribution in [3.63, 3.8) is 0 Å². The molecule has 2 N–H and O–H groups in total. The summed E-state index contributed by atoms with van der Waals surface area (Å²) in [4.78, 5) is 23.3. The van der Waals surface area contributed by atoms with Gasteiger partial charge in [0.05, 0.1) is 18.6 Å². The number of hydrogen-bond donors (Lipinski definition) is 2. The Bertz CT molecular complexity index is 518. The SMILES string of the molecule is CC[C@H](C)[C@H](NC(=O)Cc1cccc(Cl)c1OC)C(=O)O. The lowest BCUT2D eigenvalue weighted by Crippen LogP contribution is -2.45. The van der Waals surface area contributed by atoms with E-state index < -0.39 is 12.0 Å². The molecule has 0 aliphatic heterocycles. The van der Waals surface area contributed by atoms with Crippen molar-refractivity contribution in [2.75, 3.05) is 7.11 Å². The van der Waals surface area contributed by atoms with Gasteiger partial charge in [0.2, 0.25) is 5.91 Å². The van der Waals surface area contributed by atoms with E-state index in [2.05, 4.69) is 5.32 Å². The Balaban J connectivity index is 2.82. The van der Waals surface area contributed by atoms with Crippen molar-refractivity contribution in [2.45, 2.75) is 32.7 Å². The van der Waals surface area contributed by atoms with Crippen LogP contribution in [0.15, 0.2) is 18.2 Å². The van der Waals surface area contributed by atoms with Crippen LogP contribution in [0.3, 0.4) is 0 Å². The Morgan fingerprint density at radius 3 is 2.62 bits per heavy atom. The summed E-state index contributed by atoms with van der Waals surface area (Å²) >= 11 is 5.99. The maximum absolute atomic E-state index is 12.1. The molecule has 1 amide bonds. The second-order valence-electron chi connectivity index (χ2n) is 4.88. The van der Waals surface area contributed by atoms with E-state index in [1.807, 2.05) is 6.92 Å². The largest absolute Gasteiger partial charge is 0.495 e. The first-order valence-corrected chi connectivity index (χ1v) is 7.12.